The SMILES string of the molecule is CN/C(=C\[N+](=O)[O-])NCC(=O)[O-]. The molecule has 0 aliphatic rings. The fourth-order valence-corrected chi connectivity index (χ4v) is 0.471. The maximum Gasteiger partial charge on any atom is 0.274 e. The van der Waals surface area contributed by atoms with Crippen LogP contribution in [0.4, 0.5) is 0 Å². The normalized spacial score (nSPS) is 10.6. The van der Waals surface area contributed by atoms with Crippen LogP contribution in [0.3, 0.4) is 0 Å². The number of nitrogens with one attached hydrogen (secondary N) is 2. The van der Waals surface area contributed by atoms with Crippen LogP contribution in [0, 0.1) is 10.1 Å². The lowest BCUT2D eigenvalue weighted by molar-refractivity contribution is -0.404. The van der Waals surface area contributed by atoms with E-state index in [4.69, 9.17) is 0 Å². The molecule has 0 spiro atoms. The fourth-order valence-electron chi connectivity index (χ4n) is 0.471. The number of aliphatic carboxylic acids is 1. The van der Waals surface area contributed by atoms with Crippen molar-refractivity contribution in [2.24, 2.45) is 0 Å². The van der Waals surface area contributed by atoms with Crippen LogP contribution < -0.4 is 15.7 Å². The number of carbonyl (C=O) groups is 1. The smallest absolute Gasteiger partial charge is 0.274 e. The summed E-state index contributed by atoms with van der Waals surface area (Å²) in [6.45, 7) is -0.472. The summed E-state index contributed by atoms with van der Waals surface area (Å²) in [4.78, 5) is 19.1. The highest BCUT2D eigenvalue weighted by atomic mass is 16.6. The van der Waals surface area contributed by atoms with Crippen molar-refractivity contribution in [3.63, 3.8) is 0 Å². The maximum absolute atomic E-state index is 9.91. The predicted octanol–water partition coefficient (Wildman–Crippen LogP) is -2.38. The van der Waals surface area contributed by atoms with E-state index in [0.717, 1.165) is 0 Å². The predicted molar refractivity (Wildman–Crippen MR) is 37.1 cm³/mol. The van der Waals surface area contributed by atoms with Crippen molar-refractivity contribution in [2.45, 2.75) is 0 Å². The minimum atomic E-state index is -1.33. The van der Waals surface area contributed by atoms with Gasteiger partial charge in [-0.3, -0.25) is 10.1 Å². The Hall–Kier alpha value is -1.79. The van der Waals surface area contributed by atoms with Gasteiger partial charge < -0.3 is 20.5 Å². The topological polar surface area (TPSA) is 107 Å². The Labute approximate surface area is 68.2 Å². The molecule has 68 valence electrons. The Morgan fingerprint density at radius 1 is 1.67 bits per heavy atom. The van der Waals surface area contributed by atoms with E-state index in [9.17, 15) is 20.0 Å². The summed E-state index contributed by atoms with van der Waals surface area (Å²) in [6.07, 6.45) is 0.628. The molecule has 0 aliphatic carbocycles. The molecule has 12 heavy (non-hydrogen) atoms. The Balaban J connectivity index is 4.00. The van der Waals surface area contributed by atoms with E-state index in [2.05, 4.69) is 10.6 Å². The number of carboxylic acid groups (broad SMARTS) is 1. The monoisotopic (exact) mass is 174 g/mol. The third kappa shape index (κ3) is 5.03. The molecule has 0 aliphatic heterocycles. The fraction of sp³-hybridized carbons (Fsp3) is 0.400. The van der Waals surface area contributed by atoms with Crippen molar-refractivity contribution in [3.8, 4) is 0 Å². The van der Waals surface area contributed by atoms with Gasteiger partial charge in [-0.25, -0.2) is 0 Å². The summed E-state index contributed by atoms with van der Waals surface area (Å²) in [5, 5.41) is 24.5. The molecule has 0 atom stereocenters. The molecule has 2 N–H and O–H groups in total. The maximum atomic E-state index is 9.91. The van der Waals surface area contributed by atoms with Crippen LogP contribution in [-0.4, -0.2) is 24.5 Å². The zero-order chi connectivity index (χ0) is 9.56. The molecule has 0 aromatic heterocycles. The summed E-state index contributed by atoms with van der Waals surface area (Å²) in [5.74, 6) is -1.32. The first-order valence-electron chi connectivity index (χ1n) is 3.03. The Kier molecular flexibility index (Phi) is 4.20. The van der Waals surface area contributed by atoms with Gasteiger partial charge in [-0.2, -0.15) is 0 Å². The molecule has 7 heteroatoms. The van der Waals surface area contributed by atoms with Crippen molar-refractivity contribution in [2.75, 3.05) is 13.6 Å². The van der Waals surface area contributed by atoms with Gasteiger partial charge in [-0.05, 0) is 0 Å². The highest BCUT2D eigenvalue weighted by Gasteiger charge is 1.97. The highest BCUT2D eigenvalue weighted by molar-refractivity contribution is 5.66. The number of carbonyl (C=O) groups excluding carboxylic acids is 1. The summed E-state index contributed by atoms with van der Waals surface area (Å²) in [6, 6.07) is 0. The third-order valence-corrected chi connectivity index (χ3v) is 0.927. The first-order chi connectivity index (χ1) is 5.56. The summed E-state index contributed by atoms with van der Waals surface area (Å²) in [5.41, 5.74) is 0. The Bertz CT molecular complexity index is 213. The van der Waals surface area contributed by atoms with Crippen molar-refractivity contribution < 1.29 is 14.8 Å². The molecule has 0 aromatic rings. The molecule has 0 unspecified atom stereocenters. The third-order valence-electron chi connectivity index (χ3n) is 0.927. The molecule has 0 saturated heterocycles. The second kappa shape index (κ2) is 4.94. The molecular formula is C5H8N3O4-. The average molecular weight is 174 g/mol. The van der Waals surface area contributed by atoms with Crippen LogP contribution in [0.15, 0.2) is 12.0 Å². The van der Waals surface area contributed by atoms with E-state index in [1.807, 2.05) is 0 Å². The lowest BCUT2D eigenvalue weighted by Gasteiger charge is -2.07. The van der Waals surface area contributed by atoms with Crippen LogP contribution in [0.2, 0.25) is 0 Å². The molecule has 0 aromatic carbocycles. The van der Waals surface area contributed by atoms with E-state index in [1.54, 1.807) is 0 Å². The van der Waals surface area contributed by atoms with Crippen LogP contribution >= 0.6 is 0 Å². The minimum absolute atomic E-state index is 0.0178. The van der Waals surface area contributed by atoms with Gasteiger partial charge in [-0.15, -0.1) is 0 Å². The van der Waals surface area contributed by atoms with E-state index < -0.39 is 17.4 Å². The van der Waals surface area contributed by atoms with Crippen LogP contribution in [0.25, 0.3) is 0 Å². The Morgan fingerprint density at radius 3 is 2.58 bits per heavy atom. The zero-order valence-electron chi connectivity index (χ0n) is 6.36. The molecule has 0 rings (SSSR count). The van der Waals surface area contributed by atoms with Crippen LogP contribution in [-0.2, 0) is 4.79 Å². The summed E-state index contributed by atoms with van der Waals surface area (Å²) in [7, 11) is 1.43. The van der Waals surface area contributed by atoms with Crippen molar-refractivity contribution in [1.29, 1.82) is 0 Å². The molecule has 0 amide bonds. The van der Waals surface area contributed by atoms with Gasteiger partial charge in [-0.1, -0.05) is 0 Å². The van der Waals surface area contributed by atoms with Crippen molar-refractivity contribution >= 4 is 5.97 Å². The average Bonchev–Trinajstić information content (AvgIpc) is 1.97. The molecule has 0 saturated carbocycles. The van der Waals surface area contributed by atoms with Crippen LogP contribution in [0.5, 0.6) is 0 Å². The van der Waals surface area contributed by atoms with E-state index in [-0.39, 0.29) is 5.82 Å². The molecule has 7 nitrogen and oxygen atoms in total. The van der Waals surface area contributed by atoms with Crippen molar-refractivity contribution in [1.82, 2.24) is 10.6 Å². The largest absolute Gasteiger partial charge is 0.548 e. The summed E-state index contributed by atoms with van der Waals surface area (Å²) < 4.78 is 0. The molecule has 0 radical (unpaired) electrons. The van der Waals surface area contributed by atoms with Gasteiger partial charge >= 0.3 is 0 Å². The number of hydrogen-bond acceptors (Lipinski definition) is 6. The van der Waals surface area contributed by atoms with E-state index in [1.165, 1.54) is 7.05 Å². The second-order valence-electron chi connectivity index (χ2n) is 1.80. The van der Waals surface area contributed by atoms with Gasteiger partial charge in [0.15, 0.2) is 5.82 Å². The number of carboxylic acids is 1. The van der Waals surface area contributed by atoms with E-state index >= 15 is 0 Å². The van der Waals surface area contributed by atoms with Crippen molar-refractivity contribution in [3.05, 3.63) is 22.1 Å². The highest BCUT2D eigenvalue weighted by Crippen LogP contribution is 1.80. The molecule has 0 heterocycles. The lowest BCUT2D eigenvalue weighted by atomic mass is 10.6. The lowest BCUT2D eigenvalue weighted by Crippen LogP contribution is -2.37. The first-order valence-corrected chi connectivity index (χ1v) is 3.03. The van der Waals surface area contributed by atoms with Crippen LogP contribution in [0.1, 0.15) is 0 Å². The standard InChI is InChI=1S/C5H9N3O4/c1-6-4(3-8(11)12)7-2-5(9)10/h3,6-7H,2H2,1H3,(H,9,10)/p-1/b4-3+. The number of nitrogens with zero attached hydrogens (tertiary/aromatic N) is 1. The number of hydrogen-bond donors (Lipinski definition) is 2. The van der Waals surface area contributed by atoms with Gasteiger partial charge in [0.25, 0.3) is 6.20 Å². The quantitative estimate of drug-likeness (QED) is 0.356. The minimum Gasteiger partial charge on any atom is -0.548 e. The van der Waals surface area contributed by atoms with Gasteiger partial charge in [0.05, 0.1) is 17.4 Å². The zero-order valence-corrected chi connectivity index (χ0v) is 6.36. The second-order valence-corrected chi connectivity index (χ2v) is 1.80. The Morgan fingerprint density at radius 2 is 2.25 bits per heavy atom. The number of rotatable bonds is 5. The van der Waals surface area contributed by atoms with Gasteiger partial charge in [0.2, 0.25) is 0 Å². The van der Waals surface area contributed by atoms with E-state index in [0.29, 0.717) is 6.20 Å². The van der Waals surface area contributed by atoms with Gasteiger partial charge in [0.1, 0.15) is 0 Å². The molecule has 0 bridgehead atoms. The molecule has 0 fully saturated rings. The summed E-state index contributed by atoms with van der Waals surface area (Å²) >= 11 is 0. The molecular weight excluding hydrogens is 166 g/mol. The first kappa shape index (κ1) is 10.2. The number of nitro groups is 1. The van der Waals surface area contributed by atoms with Gasteiger partial charge in [0, 0.05) is 7.05 Å².